The summed E-state index contributed by atoms with van der Waals surface area (Å²) in [6.45, 7) is 1.97. The van der Waals surface area contributed by atoms with Crippen molar-refractivity contribution in [2.45, 2.75) is 24.8 Å². The Kier molecular flexibility index (Phi) is 6.56. The van der Waals surface area contributed by atoms with Gasteiger partial charge in [0.25, 0.3) is 0 Å². The summed E-state index contributed by atoms with van der Waals surface area (Å²) in [5.41, 5.74) is 1.10. The van der Waals surface area contributed by atoms with Crippen molar-refractivity contribution in [2.75, 3.05) is 5.32 Å². The fourth-order valence-electron chi connectivity index (χ4n) is 2.54. The van der Waals surface area contributed by atoms with E-state index in [1.807, 2.05) is 31.2 Å². The van der Waals surface area contributed by atoms with Gasteiger partial charge in [0.2, 0.25) is 11.8 Å². The molecule has 10 heteroatoms. The Balaban J connectivity index is 1.56. The smallest absolute Gasteiger partial charge is 0.326 e. The maximum absolute atomic E-state index is 12.8. The topological polar surface area (TPSA) is 82.9 Å². The van der Waals surface area contributed by atoms with Crippen molar-refractivity contribution >= 4 is 40.6 Å². The number of carbonyl (C=O) groups is 2. The van der Waals surface area contributed by atoms with E-state index in [4.69, 9.17) is 0 Å². The number of hydrogen-bond acceptors (Lipinski definition) is 5. The second-order valence-electron chi connectivity index (χ2n) is 6.49. The predicted molar refractivity (Wildman–Crippen MR) is 110 cm³/mol. The summed E-state index contributed by atoms with van der Waals surface area (Å²) < 4.78 is 38.3. The Hall–Kier alpha value is -3.14. The van der Waals surface area contributed by atoms with Gasteiger partial charge in [0.1, 0.15) is 5.25 Å². The minimum Gasteiger partial charge on any atom is -0.326 e. The Labute approximate surface area is 174 Å². The molecule has 1 saturated heterocycles. The van der Waals surface area contributed by atoms with Crippen LogP contribution in [0.25, 0.3) is 0 Å². The summed E-state index contributed by atoms with van der Waals surface area (Å²) >= 11 is 1.04. The fourth-order valence-corrected chi connectivity index (χ4v) is 3.46. The molecular weight excluding hydrogens is 417 g/mol. The van der Waals surface area contributed by atoms with Gasteiger partial charge in [-0.2, -0.15) is 18.3 Å². The number of carbonyl (C=O) groups excluding carboxylic acids is 2. The first-order chi connectivity index (χ1) is 14.2. The fraction of sp³-hybridized carbons (Fsp3) is 0.200. The third-order valence-corrected chi connectivity index (χ3v) is 5.13. The maximum atomic E-state index is 12.8. The molecular formula is C20H17F3N4O2S. The predicted octanol–water partition coefficient (Wildman–Crippen LogP) is 3.96. The molecule has 30 heavy (non-hydrogen) atoms. The summed E-state index contributed by atoms with van der Waals surface area (Å²) in [5, 5.41) is 12.3. The third kappa shape index (κ3) is 5.93. The monoisotopic (exact) mass is 434 g/mol. The Morgan fingerprint density at radius 3 is 2.67 bits per heavy atom. The molecule has 1 fully saturated rings. The molecule has 2 aromatic carbocycles. The van der Waals surface area contributed by atoms with E-state index in [2.05, 4.69) is 20.8 Å². The van der Waals surface area contributed by atoms with E-state index in [-0.39, 0.29) is 17.3 Å². The van der Waals surface area contributed by atoms with Crippen molar-refractivity contribution in [2.24, 2.45) is 10.2 Å². The summed E-state index contributed by atoms with van der Waals surface area (Å²) in [7, 11) is 0. The summed E-state index contributed by atoms with van der Waals surface area (Å²) in [6.07, 6.45) is -3.19. The first-order valence-electron chi connectivity index (χ1n) is 8.83. The first-order valence-corrected chi connectivity index (χ1v) is 9.71. The van der Waals surface area contributed by atoms with E-state index < -0.39 is 28.8 Å². The van der Waals surface area contributed by atoms with Crippen LogP contribution >= 0.6 is 11.8 Å². The van der Waals surface area contributed by atoms with Crippen molar-refractivity contribution in [1.82, 2.24) is 5.32 Å². The van der Waals surface area contributed by atoms with Crippen LogP contribution in [0.4, 0.5) is 18.9 Å². The van der Waals surface area contributed by atoms with E-state index in [1.165, 1.54) is 18.3 Å². The second kappa shape index (κ2) is 9.12. The number of hydrogen-bond donors (Lipinski definition) is 2. The van der Waals surface area contributed by atoms with Gasteiger partial charge >= 0.3 is 6.18 Å². The van der Waals surface area contributed by atoms with Crippen molar-refractivity contribution in [1.29, 1.82) is 0 Å². The van der Waals surface area contributed by atoms with Gasteiger partial charge in [-0.05, 0) is 30.7 Å². The van der Waals surface area contributed by atoms with Crippen LogP contribution in [0.5, 0.6) is 0 Å². The molecule has 3 rings (SSSR count). The molecule has 1 unspecified atom stereocenters. The Morgan fingerprint density at radius 2 is 1.97 bits per heavy atom. The number of benzene rings is 2. The van der Waals surface area contributed by atoms with Gasteiger partial charge in [0.05, 0.1) is 11.8 Å². The number of thioether (sulfide) groups is 1. The Morgan fingerprint density at radius 1 is 1.23 bits per heavy atom. The van der Waals surface area contributed by atoms with E-state index in [0.717, 1.165) is 35.0 Å². The van der Waals surface area contributed by atoms with Crippen molar-refractivity contribution in [3.8, 4) is 0 Å². The van der Waals surface area contributed by atoms with Crippen LogP contribution in [-0.4, -0.2) is 28.4 Å². The lowest BCUT2D eigenvalue weighted by Gasteiger charge is -2.10. The molecule has 0 aromatic heterocycles. The summed E-state index contributed by atoms with van der Waals surface area (Å²) in [6, 6.07) is 11.9. The van der Waals surface area contributed by atoms with Crippen LogP contribution in [0.3, 0.4) is 0 Å². The molecule has 1 atom stereocenters. The highest BCUT2D eigenvalue weighted by Gasteiger charge is 2.33. The molecule has 6 nitrogen and oxygen atoms in total. The highest BCUT2D eigenvalue weighted by molar-refractivity contribution is 8.15. The van der Waals surface area contributed by atoms with Crippen LogP contribution in [0.15, 0.2) is 58.7 Å². The molecule has 2 amide bonds. The van der Waals surface area contributed by atoms with Crippen molar-refractivity contribution < 1.29 is 22.8 Å². The lowest BCUT2D eigenvalue weighted by atomic mass is 10.2. The van der Waals surface area contributed by atoms with Crippen LogP contribution in [-0.2, 0) is 15.8 Å². The minimum absolute atomic E-state index is 0.00909. The van der Waals surface area contributed by atoms with Crippen LogP contribution in [0, 0.1) is 6.92 Å². The summed E-state index contributed by atoms with van der Waals surface area (Å²) in [5.74, 6) is -0.991. The van der Waals surface area contributed by atoms with Crippen LogP contribution in [0.2, 0.25) is 0 Å². The van der Waals surface area contributed by atoms with E-state index in [0.29, 0.717) is 0 Å². The number of nitrogens with zero attached hydrogens (tertiary/aromatic N) is 2. The average molecular weight is 434 g/mol. The molecule has 0 spiro atoms. The number of anilines is 1. The molecule has 156 valence electrons. The maximum Gasteiger partial charge on any atom is 0.416 e. The summed E-state index contributed by atoms with van der Waals surface area (Å²) in [4.78, 5) is 24.2. The normalized spacial score (nSPS) is 18.1. The van der Waals surface area contributed by atoms with Gasteiger partial charge in [0, 0.05) is 12.1 Å². The lowest BCUT2D eigenvalue weighted by Crippen LogP contribution is -2.28. The van der Waals surface area contributed by atoms with Crippen LogP contribution < -0.4 is 10.6 Å². The third-order valence-electron chi connectivity index (χ3n) is 4.05. The molecule has 0 aliphatic carbocycles. The van der Waals surface area contributed by atoms with E-state index in [1.54, 1.807) is 0 Å². The Bertz CT molecular complexity index is 1000. The number of rotatable bonds is 5. The number of nitrogens with one attached hydrogen (secondary N) is 2. The van der Waals surface area contributed by atoms with Crippen molar-refractivity contribution in [3.05, 3.63) is 65.2 Å². The molecule has 0 bridgehead atoms. The first kappa shape index (κ1) is 21.6. The van der Waals surface area contributed by atoms with E-state index >= 15 is 0 Å². The van der Waals surface area contributed by atoms with Gasteiger partial charge in [-0.3, -0.25) is 9.59 Å². The highest BCUT2D eigenvalue weighted by Crippen LogP contribution is 2.31. The number of alkyl halides is 3. The zero-order chi connectivity index (χ0) is 21.7. The molecule has 2 N–H and O–H groups in total. The van der Waals surface area contributed by atoms with Crippen molar-refractivity contribution in [3.63, 3.8) is 0 Å². The number of aryl methyl sites for hydroxylation is 1. The number of halogens is 3. The minimum atomic E-state index is -4.51. The number of amidine groups is 1. The van der Waals surface area contributed by atoms with Gasteiger partial charge in [-0.25, -0.2) is 0 Å². The van der Waals surface area contributed by atoms with Gasteiger partial charge in [0.15, 0.2) is 5.17 Å². The molecule has 1 heterocycles. The molecule has 0 radical (unpaired) electrons. The molecule has 0 saturated carbocycles. The quantitative estimate of drug-likeness (QED) is 0.552. The van der Waals surface area contributed by atoms with Crippen LogP contribution in [0.1, 0.15) is 23.1 Å². The van der Waals surface area contributed by atoms with Gasteiger partial charge in [-0.15, -0.1) is 5.10 Å². The SMILES string of the molecule is Cc1ccc(/C=N\N=C2/NC(=O)C(CC(=O)Nc3cccc(C(F)(F)F)c3)S2)cc1. The molecule has 2 aromatic rings. The van der Waals surface area contributed by atoms with Gasteiger partial charge < -0.3 is 10.6 Å². The number of amides is 2. The second-order valence-corrected chi connectivity index (χ2v) is 7.68. The van der Waals surface area contributed by atoms with E-state index in [9.17, 15) is 22.8 Å². The average Bonchev–Trinajstić information content (AvgIpc) is 3.02. The zero-order valence-electron chi connectivity index (χ0n) is 15.7. The largest absolute Gasteiger partial charge is 0.416 e. The van der Waals surface area contributed by atoms with Gasteiger partial charge in [-0.1, -0.05) is 47.7 Å². The molecule has 1 aliphatic heterocycles. The molecule has 1 aliphatic rings. The standard InChI is InChI=1S/C20H17F3N4O2S/c1-12-5-7-13(8-6-12)11-24-27-19-26-18(29)16(30-19)10-17(28)25-15-4-2-3-14(9-15)20(21,22)23/h2-9,11,16H,10H2,1H3,(H,25,28)(H,26,27,29)/b24-11-. The highest BCUT2D eigenvalue weighted by atomic mass is 32.2. The zero-order valence-corrected chi connectivity index (χ0v) is 16.6. The lowest BCUT2D eigenvalue weighted by molar-refractivity contribution is -0.137.